The van der Waals surface area contributed by atoms with Crippen molar-refractivity contribution in [2.24, 2.45) is 0 Å². The van der Waals surface area contributed by atoms with Crippen LogP contribution in [0.5, 0.6) is 0 Å². The fraction of sp³-hybridized carbons (Fsp3) is 0.375. The zero-order valence-corrected chi connectivity index (χ0v) is 12.8. The number of nitrogens with zero attached hydrogens (tertiary/aromatic N) is 6. The first-order valence-electron chi connectivity index (χ1n) is 7.89. The third-order valence-corrected chi connectivity index (χ3v) is 4.26. The van der Waals surface area contributed by atoms with Crippen LogP contribution in [0.1, 0.15) is 30.3 Å². The Morgan fingerprint density at radius 1 is 1.22 bits per heavy atom. The van der Waals surface area contributed by atoms with E-state index in [1.165, 1.54) is 6.42 Å². The monoisotopic (exact) mass is 309 g/mol. The molecule has 0 radical (unpaired) electrons. The molecule has 7 nitrogen and oxygen atoms in total. The number of hydrogen-bond donors (Lipinski definition) is 1. The highest BCUT2D eigenvalue weighted by molar-refractivity contribution is 5.21. The number of aromatic nitrogens is 6. The van der Waals surface area contributed by atoms with Crippen LogP contribution in [0.15, 0.2) is 43.5 Å². The number of hydrogen-bond acceptors (Lipinski definition) is 5. The lowest BCUT2D eigenvalue weighted by Crippen LogP contribution is -2.34. The van der Waals surface area contributed by atoms with E-state index in [0.717, 1.165) is 43.4 Å². The number of rotatable bonds is 4. The van der Waals surface area contributed by atoms with Gasteiger partial charge in [0.15, 0.2) is 5.82 Å². The van der Waals surface area contributed by atoms with Gasteiger partial charge < -0.3 is 4.98 Å². The van der Waals surface area contributed by atoms with Gasteiger partial charge in [-0.1, -0.05) is 0 Å². The van der Waals surface area contributed by atoms with Crippen molar-refractivity contribution in [2.75, 3.05) is 13.1 Å². The summed E-state index contributed by atoms with van der Waals surface area (Å²) in [4.78, 5) is 23.1. The lowest BCUT2D eigenvalue weighted by atomic mass is 9.95. The Balaban J connectivity index is 1.50. The predicted molar refractivity (Wildman–Crippen MR) is 85.0 cm³/mol. The van der Waals surface area contributed by atoms with E-state index < -0.39 is 0 Å². The van der Waals surface area contributed by atoms with Crippen molar-refractivity contribution < 1.29 is 0 Å². The predicted octanol–water partition coefficient (Wildman–Crippen LogP) is 1.76. The minimum atomic E-state index is 0.412. The fourth-order valence-electron chi connectivity index (χ4n) is 3.12. The van der Waals surface area contributed by atoms with Crippen molar-refractivity contribution in [2.45, 2.75) is 25.3 Å². The second-order valence-corrected chi connectivity index (χ2v) is 5.88. The van der Waals surface area contributed by atoms with Crippen molar-refractivity contribution in [1.29, 1.82) is 0 Å². The molecule has 4 heterocycles. The van der Waals surface area contributed by atoms with Crippen LogP contribution in [0.2, 0.25) is 0 Å². The Labute approximate surface area is 134 Å². The molecule has 0 amide bonds. The summed E-state index contributed by atoms with van der Waals surface area (Å²) in [5.74, 6) is 2.25. The Bertz CT molecular complexity index is 736. The van der Waals surface area contributed by atoms with Gasteiger partial charge in [0.1, 0.15) is 12.2 Å². The third-order valence-electron chi connectivity index (χ3n) is 4.26. The van der Waals surface area contributed by atoms with Crippen LogP contribution in [-0.4, -0.2) is 47.5 Å². The van der Waals surface area contributed by atoms with E-state index >= 15 is 0 Å². The largest absolute Gasteiger partial charge is 0.348 e. The maximum absolute atomic E-state index is 4.78. The molecule has 1 aliphatic rings. The van der Waals surface area contributed by atoms with Gasteiger partial charge in [-0.25, -0.2) is 15.0 Å². The highest BCUT2D eigenvalue weighted by atomic mass is 15.2. The molecule has 1 unspecified atom stereocenters. The average Bonchev–Trinajstić information content (AvgIpc) is 3.29. The van der Waals surface area contributed by atoms with E-state index in [1.807, 2.05) is 23.2 Å². The molecule has 0 saturated carbocycles. The number of H-pyrrole nitrogens is 1. The normalized spacial score (nSPS) is 19.0. The van der Waals surface area contributed by atoms with Crippen molar-refractivity contribution in [3.63, 3.8) is 0 Å². The van der Waals surface area contributed by atoms with Gasteiger partial charge in [-0.05, 0) is 19.4 Å². The molecule has 3 aromatic rings. The van der Waals surface area contributed by atoms with Gasteiger partial charge in [0.2, 0.25) is 0 Å². The van der Waals surface area contributed by atoms with Crippen LogP contribution >= 0.6 is 0 Å². The lowest BCUT2D eigenvalue weighted by molar-refractivity contribution is 0.194. The van der Waals surface area contributed by atoms with Crippen LogP contribution in [0.3, 0.4) is 0 Å². The molecule has 7 heteroatoms. The molecule has 1 saturated heterocycles. The van der Waals surface area contributed by atoms with Crippen LogP contribution in [-0.2, 0) is 6.54 Å². The standard InChI is InChI=1S/C16H19N7/c1-2-13(10-22(6-1)11-15-19-3-4-20-15)14-8-18-9-16(21-14)23-7-5-17-12-23/h3-5,7-9,12-13H,1-2,6,10-11H2,(H,19,20). The van der Waals surface area contributed by atoms with E-state index in [1.54, 1.807) is 24.9 Å². The molecule has 23 heavy (non-hydrogen) atoms. The molecule has 1 atom stereocenters. The van der Waals surface area contributed by atoms with E-state index in [2.05, 4.69) is 24.8 Å². The zero-order valence-electron chi connectivity index (χ0n) is 12.8. The SMILES string of the molecule is c1cn(-c2cncc(C3CCCN(Cc4ncc[nH]4)C3)n2)cn1. The molecular weight excluding hydrogens is 290 g/mol. The summed E-state index contributed by atoms with van der Waals surface area (Å²) in [7, 11) is 0. The van der Waals surface area contributed by atoms with Crippen LogP contribution < -0.4 is 0 Å². The number of piperidine rings is 1. The molecule has 0 aliphatic carbocycles. The second-order valence-electron chi connectivity index (χ2n) is 5.88. The molecule has 4 rings (SSSR count). The van der Waals surface area contributed by atoms with Crippen molar-refractivity contribution in [3.05, 3.63) is 55.0 Å². The van der Waals surface area contributed by atoms with Gasteiger partial charge in [-0.15, -0.1) is 0 Å². The van der Waals surface area contributed by atoms with Gasteiger partial charge in [0.25, 0.3) is 0 Å². The first-order valence-corrected chi connectivity index (χ1v) is 7.89. The highest BCUT2D eigenvalue weighted by Gasteiger charge is 2.23. The van der Waals surface area contributed by atoms with E-state index in [0.29, 0.717) is 5.92 Å². The Morgan fingerprint density at radius 2 is 2.22 bits per heavy atom. The third kappa shape index (κ3) is 3.14. The first kappa shape index (κ1) is 14.1. The van der Waals surface area contributed by atoms with Gasteiger partial charge in [0.05, 0.1) is 18.4 Å². The van der Waals surface area contributed by atoms with Gasteiger partial charge in [0, 0.05) is 43.4 Å². The van der Waals surface area contributed by atoms with Gasteiger partial charge in [-0.3, -0.25) is 14.5 Å². The molecule has 0 aromatic carbocycles. The molecule has 1 N–H and O–H groups in total. The summed E-state index contributed by atoms with van der Waals surface area (Å²) in [5.41, 5.74) is 1.06. The fourth-order valence-corrected chi connectivity index (χ4v) is 3.12. The van der Waals surface area contributed by atoms with E-state index in [9.17, 15) is 0 Å². The minimum absolute atomic E-state index is 0.412. The topological polar surface area (TPSA) is 75.5 Å². The molecule has 1 fully saturated rings. The summed E-state index contributed by atoms with van der Waals surface area (Å²) in [6.07, 6.45) is 15.0. The lowest BCUT2D eigenvalue weighted by Gasteiger charge is -2.31. The summed E-state index contributed by atoms with van der Waals surface area (Å²) in [6, 6.07) is 0. The maximum atomic E-state index is 4.78. The average molecular weight is 309 g/mol. The van der Waals surface area contributed by atoms with Crippen molar-refractivity contribution >= 4 is 0 Å². The molecule has 1 aliphatic heterocycles. The quantitative estimate of drug-likeness (QED) is 0.795. The van der Waals surface area contributed by atoms with Gasteiger partial charge >= 0.3 is 0 Å². The van der Waals surface area contributed by atoms with E-state index in [-0.39, 0.29) is 0 Å². The summed E-state index contributed by atoms with van der Waals surface area (Å²) in [5, 5.41) is 0. The Kier molecular flexibility index (Phi) is 3.85. The minimum Gasteiger partial charge on any atom is -0.348 e. The molecule has 118 valence electrons. The van der Waals surface area contributed by atoms with Crippen molar-refractivity contribution in [3.8, 4) is 5.82 Å². The number of nitrogens with one attached hydrogen (secondary N) is 1. The Morgan fingerprint density at radius 3 is 3.04 bits per heavy atom. The number of likely N-dealkylation sites (tertiary alicyclic amines) is 1. The van der Waals surface area contributed by atoms with Crippen LogP contribution in [0, 0.1) is 0 Å². The Hall–Kier alpha value is -2.54. The van der Waals surface area contributed by atoms with Crippen molar-refractivity contribution in [1.82, 2.24) is 34.4 Å². The molecule has 0 spiro atoms. The number of aromatic amines is 1. The smallest absolute Gasteiger partial charge is 0.156 e. The second kappa shape index (κ2) is 6.29. The van der Waals surface area contributed by atoms with Gasteiger partial charge in [-0.2, -0.15) is 0 Å². The summed E-state index contributed by atoms with van der Waals surface area (Å²) >= 11 is 0. The van der Waals surface area contributed by atoms with E-state index in [4.69, 9.17) is 4.98 Å². The number of imidazole rings is 2. The molecule has 3 aromatic heterocycles. The highest BCUT2D eigenvalue weighted by Crippen LogP contribution is 2.26. The molecule has 0 bridgehead atoms. The molecular formula is C16H19N7. The summed E-state index contributed by atoms with van der Waals surface area (Å²) < 4.78 is 1.89. The maximum Gasteiger partial charge on any atom is 0.156 e. The zero-order chi connectivity index (χ0) is 15.5. The first-order chi connectivity index (χ1) is 11.4. The van der Waals surface area contributed by atoms with Crippen LogP contribution in [0.4, 0.5) is 0 Å². The summed E-state index contributed by atoms with van der Waals surface area (Å²) in [6.45, 7) is 2.95. The van der Waals surface area contributed by atoms with Crippen LogP contribution in [0.25, 0.3) is 5.82 Å².